The van der Waals surface area contributed by atoms with E-state index in [0.29, 0.717) is 17.1 Å². The zero-order chi connectivity index (χ0) is 18.3. The number of benzene rings is 2. The maximum Gasteiger partial charge on any atom is 0.174 e. The Hall–Kier alpha value is -2.49. The van der Waals surface area contributed by atoms with Crippen molar-refractivity contribution in [1.82, 2.24) is 0 Å². The number of ether oxygens (including phenoxy) is 3. The molecule has 2 heterocycles. The smallest absolute Gasteiger partial charge is 0.174 e. The average Bonchev–Trinajstić information content (AvgIpc) is 3.15. The second-order valence-corrected chi connectivity index (χ2v) is 7.59. The monoisotopic (exact) mass is 427 g/mol. The summed E-state index contributed by atoms with van der Waals surface area (Å²) < 4.78 is 18.6. The lowest BCUT2D eigenvalue weighted by Crippen LogP contribution is -2.12. The first kappa shape index (κ1) is 17.0. The highest BCUT2D eigenvalue weighted by Gasteiger charge is 2.29. The summed E-state index contributed by atoms with van der Waals surface area (Å²) in [6.45, 7) is 0. The minimum absolute atomic E-state index is 0.232. The minimum atomic E-state index is -0.232. The molecular formula is C20H14BrNO3S. The molecule has 0 fully saturated rings. The molecule has 26 heavy (non-hydrogen) atoms. The van der Waals surface area contributed by atoms with Gasteiger partial charge in [-0.15, -0.1) is 11.3 Å². The van der Waals surface area contributed by atoms with E-state index in [0.717, 1.165) is 31.4 Å². The molecular weight excluding hydrogens is 414 g/mol. The first-order valence-electron chi connectivity index (χ1n) is 7.86. The van der Waals surface area contributed by atoms with Crippen LogP contribution in [0.5, 0.6) is 17.2 Å². The molecule has 6 heteroatoms. The van der Waals surface area contributed by atoms with E-state index in [9.17, 15) is 5.26 Å². The molecule has 0 spiro atoms. The molecule has 1 aliphatic rings. The van der Waals surface area contributed by atoms with Gasteiger partial charge in [0.25, 0.3) is 0 Å². The molecule has 4 rings (SSSR count). The molecule has 0 N–H and O–H groups in total. The van der Waals surface area contributed by atoms with Crippen LogP contribution in [-0.4, -0.2) is 14.2 Å². The molecule has 0 saturated heterocycles. The Morgan fingerprint density at radius 1 is 1.19 bits per heavy atom. The van der Waals surface area contributed by atoms with Crippen LogP contribution in [0.1, 0.15) is 17.0 Å². The number of hydrogen-bond acceptors (Lipinski definition) is 5. The van der Waals surface area contributed by atoms with Crippen LogP contribution in [0.4, 0.5) is 0 Å². The van der Waals surface area contributed by atoms with E-state index in [1.807, 2.05) is 29.6 Å². The van der Waals surface area contributed by atoms with Crippen LogP contribution in [-0.2, 0) is 0 Å². The van der Waals surface area contributed by atoms with Crippen LogP contribution in [0.15, 0.2) is 52.0 Å². The van der Waals surface area contributed by atoms with E-state index in [4.69, 9.17) is 14.2 Å². The molecule has 0 radical (unpaired) electrons. The lowest BCUT2D eigenvalue weighted by Gasteiger charge is -2.25. The van der Waals surface area contributed by atoms with Gasteiger partial charge < -0.3 is 14.2 Å². The summed E-state index contributed by atoms with van der Waals surface area (Å²) in [5.41, 5.74) is 2.45. The summed E-state index contributed by atoms with van der Waals surface area (Å²) in [4.78, 5) is 0. The number of allylic oxidation sites excluding steroid dienone is 1. The largest absolute Gasteiger partial charge is 0.493 e. The summed E-state index contributed by atoms with van der Waals surface area (Å²) in [5.74, 6) is 1.81. The van der Waals surface area contributed by atoms with Gasteiger partial charge in [-0.25, -0.2) is 0 Å². The van der Waals surface area contributed by atoms with E-state index in [-0.39, 0.29) is 5.92 Å². The highest BCUT2D eigenvalue weighted by atomic mass is 79.9. The highest BCUT2D eigenvalue weighted by Crippen LogP contribution is 2.47. The summed E-state index contributed by atoms with van der Waals surface area (Å²) in [6.07, 6.45) is 1.55. The normalized spacial score (nSPS) is 15.6. The Morgan fingerprint density at radius 2 is 2.04 bits per heavy atom. The predicted molar refractivity (Wildman–Crippen MR) is 105 cm³/mol. The number of halogens is 1. The highest BCUT2D eigenvalue weighted by molar-refractivity contribution is 9.10. The summed E-state index contributed by atoms with van der Waals surface area (Å²) in [6, 6.07) is 12.3. The standard InChI is InChI=1S/C20H14BrNO3S/c1-23-16-8-11(7-15(21)20(16)24-2)18-12(9-22)10-25-19-13-5-6-26-17(13)4-3-14(18)19/h3-8,10,18H,1-2H3. The molecule has 1 aliphatic heterocycles. The number of nitriles is 1. The quantitative estimate of drug-likeness (QED) is 0.544. The number of methoxy groups -OCH3 is 2. The van der Waals surface area contributed by atoms with E-state index in [1.54, 1.807) is 31.8 Å². The molecule has 0 aliphatic carbocycles. The first-order valence-corrected chi connectivity index (χ1v) is 9.53. The maximum absolute atomic E-state index is 9.65. The number of thiophene rings is 1. The Kier molecular flexibility index (Phi) is 4.35. The van der Waals surface area contributed by atoms with Gasteiger partial charge in [-0.05, 0) is 51.1 Å². The molecule has 4 nitrogen and oxygen atoms in total. The van der Waals surface area contributed by atoms with E-state index >= 15 is 0 Å². The molecule has 3 aromatic rings. The van der Waals surface area contributed by atoms with Crippen molar-refractivity contribution in [3.8, 4) is 23.3 Å². The molecule has 0 amide bonds. The van der Waals surface area contributed by atoms with E-state index in [2.05, 4.69) is 28.1 Å². The molecule has 0 saturated carbocycles. The maximum atomic E-state index is 9.65. The predicted octanol–water partition coefficient (Wildman–Crippen LogP) is 5.61. The van der Waals surface area contributed by atoms with Gasteiger partial charge in [0.15, 0.2) is 11.5 Å². The average molecular weight is 428 g/mol. The second-order valence-electron chi connectivity index (χ2n) is 5.79. The van der Waals surface area contributed by atoms with Crippen LogP contribution >= 0.6 is 27.3 Å². The first-order chi connectivity index (χ1) is 12.7. The van der Waals surface area contributed by atoms with Gasteiger partial charge in [-0.1, -0.05) is 6.07 Å². The molecule has 1 aromatic heterocycles. The Morgan fingerprint density at radius 3 is 2.77 bits per heavy atom. The fourth-order valence-corrected chi connectivity index (χ4v) is 4.71. The summed E-state index contributed by atoms with van der Waals surface area (Å²) >= 11 is 5.21. The third-order valence-electron chi connectivity index (χ3n) is 4.46. The van der Waals surface area contributed by atoms with Crippen LogP contribution in [0.25, 0.3) is 10.1 Å². The van der Waals surface area contributed by atoms with Gasteiger partial charge in [0.2, 0.25) is 0 Å². The summed E-state index contributed by atoms with van der Waals surface area (Å²) in [7, 11) is 3.20. The van der Waals surface area contributed by atoms with Crippen molar-refractivity contribution in [3.05, 3.63) is 63.1 Å². The molecule has 130 valence electrons. The minimum Gasteiger partial charge on any atom is -0.493 e. The Balaban J connectivity index is 1.95. The van der Waals surface area contributed by atoms with Crippen molar-refractivity contribution >= 4 is 37.4 Å². The molecule has 0 bridgehead atoms. The van der Waals surface area contributed by atoms with Gasteiger partial charge in [0.05, 0.1) is 36.3 Å². The van der Waals surface area contributed by atoms with Crippen molar-refractivity contribution in [3.63, 3.8) is 0 Å². The van der Waals surface area contributed by atoms with Gasteiger partial charge >= 0.3 is 0 Å². The van der Waals surface area contributed by atoms with Crippen molar-refractivity contribution in [2.24, 2.45) is 0 Å². The van der Waals surface area contributed by atoms with Crippen molar-refractivity contribution < 1.29 is 14.2 Å². The van der Waals surface area contributed by atoms with Gasteiger partial charge in [0.1, 0.15) is 12.0 Å². The number of rotatable bonds is 3. The second kappa shape index (κ2) is 6.67. The topological polar surface area (TPSA) is 51.5 Å². The summed E-state index contributed by atoms with van der Waals surface area (Å²) in [5, 5.41) is 12.8. The zero-order valence-corrected chi connectivity index (χ0v) is 16.5. The van der Waals surface area contributed by atoms with Crippen molar-refractivity contribution in [2.45, 2.75) is 5.92 Å². The molecule has 1 atom stereocenters. The van der Waals surface area contributed by atoms with Crippen molar-refractivity contribution in [2.75, 3.05) is 14.2 Å². The van der Waals surface area contributed by atoms with Gasteiger partial charge in [-0.3, -0.25) is 0 Å². The SMILES string of the molecule is COc1cc(C2C(C#N)=COc3c2ccc2sccc32)cc(Br)c1OC. The molecule has 2 aromatic carbocycles. The fraction of sp³-hybridized carbons (Fsp3) is 0.150. The third kappa shape index (κ3) is 2.56. The molecule has 1 unspecified atom stereocenters. The van der Waals surface area contributed by atoms with Crippen molar-refractivity contribution in [1.29, 1.82) is 5.26 Å². The van der Waals surface area contributed by atoms with Gasteiger partial charge in [0, 0.05) is 15.6 Å². The van der Waals surface area contributed by atoms with Crippen LogP contribution < -0.4 is 14.2 Å². The van der Waals surface area contributed by atoms with Crippen LogP contribution in [0.2, 0.25) is 0 Å². The van der Waals surface area contributed by atoms with Crippen LogP contribution in [0.3, 0.4) is 0 Å². The Labute approximate surface area is 163 Å². The lowest BCUT2D eigenvalue weighted by atomic mass is 9.83. The van der Waals surface area contributed by atoms with E-state index < -0.39 is 0 Å². The van der Waals surface area contributed by atoms with E-state index in [1.165, 1.54) is 0 Å². The third-order valence-corrected chi connectivity index (χ3v) is 5.93. The number of fused-ring (bicyclic) bond motifs is 3. The van der Waals surface area contributed by atoms with Gasteiger partial charge in [-0.2, -0.15) is 5.26 Å². The number of hydrogen-bond donors (Lipinski definition) is 0. The van der Waals surface area contributed by atoms with Crippen LogP contribution in [0, 0.1) is 11.3 Å². The Bertz CT molecular complexity index is 1080. The zero-order valence-electron chi connectivity index (χ0n) is 14.1. The number of nitrogens with zero attached hydrogens (tertiary/aromatic N) is 1. The fourth-order valence-electron chi connectivity index (χ4n) is 3.31. The lowest BCUT2D eigenvalue weighted by molar-refractivity contribution is 0.352.